The second-order valence-corrected chi connectivity index (χ2v) is 12.6. The second-order valence-electron chi connectivity index (χ2n) is 9.96. The highest BCUT2D eigenvalue weighted by atomic mass is 35.5. The number of carbonyl (C=O) groups is 3. The van der Waals surface area contributed by atoms with Crippen molar-refractivity contribution in [2.75, 3.05) is 10.6 Å². The van der Waals surface area contributed by atoms with Gasteiger partial charge in [0.15, 0.2) is 0 Å². The Morgan fingerprint density at radius 3 is 2.13 bits per heavy atom. The van der Waals surface area contributed by atoms with Gasteiger partial charge in [-0.3, -0.25) is 14.4 Å². The van der Waals surface area contributed by atoms with Crippen molar-refractivity contribution in [3.8, 4) is 0 Å². The van der Waals surface area contributed by atoms with E-state index in [0.717, 1.165) is 28.8 Å². The molecule has 0 saturated heterocycles. The van der Waals surface area contributed by atoms with Crippen molar-refractivity contribution >= 4 is 69.9 Å². The van der Waals surface area contributed by atoms with E-state index >= 15 is 0 Å². The molecule has 238 valence electrons. The molecule has 0 spiro atoms. The number of nitrogens with one attached hydrogen (secondary N) is 3. The van der Waals surface area contributed by atoms with Crippen LogP contribution in [0.5, 0.6) is 0 Å². The van der Waals surface area contributed by atoms with Crippen LogP contribution in [0.3, 0.4) is 0 Å². The summed E-state index contributed by atoms with van der Waals surface area (Å²) in [5.74, 6) is -1.65. The minimum absolute atomic E-state index is 0.0426. The maximum absolute atomic E-state index is 13.7. The van der Waals surface area contributed by atoms with Crippen LogP contribution in [0.2, 0.25) is 5.02 Å². The van der Waals surface area contributed by atoms with Crippen LogP contribution in [0, 0.1) is 0 Å². The van der Waals surface area contributed by atoms with E-state index in [-0.39, 0.29) is 10.7 Å². The van der Waals surface area contributed by atoms with E-state index in [9.17, 15) is 27.6 Å². The second kappa shape index (κ2) is 15.2. The summed E-state index contributed by atoms with van der Waals surface area (Å²) < 4.78 is 41.1. The maximum atomic E-state index is 13.7. The Morgan fingerprint density at radius 1 is 0.809 bits per heavy atom. The lowest BCUT2D eigenvalue weighted by molar-refractivity contribution is -0.137. The van der Waals surface area contributed by atoms with Gasteiger partial charge in [-0.1, -0.05) is 66.2 Å². The Labute approximate surface area is 281 Å². The number of thioether (sulfide) groups is 1. The number of thiophene rings is 1. The van der Waals surface area contributed by atoms with E-state index in [1.54, 1.807) is 91.0 Å². The van der Waals surface area contributed by atoms with Crippen molar-refractivity contribution in [1.82, 2.24) is 5.32 Å². The number of anilines is 2. The lowest BCUT2D eigenvalue weighted by atomic mass is 10.1. The largest absolute Gasteiger partial charge is 0.418 e. The molecular formula is C35H25ClF3N3O3S2. The first kappa shape index (κ1) is 33.5. The van der Waals surface area contributed by atoms with Gasteiger partial charge in [0, 0.05) is 26.0 Å². The lowest BCUT2D eigenvalue weighted by Gasteiger charge is -2.20. The number of hydrogen-bond acceptors (Lipinski definition) is 5. The molecule has 4 aromatic carbocycles. The van der Waals surface area contributed by atoms with E-state index in [2.05, 4.69) is 16.0 Å². The number of benzene rings is 4. The average molecular weight is 692 g/mol. The van der Waals surface area contributed by atoms with Gasteiger partial charge in [-0.25, -0.2) is 0 Å². The molecule has 3 N–H and O–H groups in total. The predicted octanol–water partition coefficient (Wildman–Crippen LogP) is 9.30. The standard InChI is InChI=1S/C35H25ClF3N3O3S2/c36-24-13-18-29(28(20-24)35(37,38)39)41-34(45)31(22-8-3-1-4-9-22)47-26-16-14-25(15-17-26)40-33(44)30(21-27-12-7-19-46-27)42-32(43)23-10-5-2-6-11-23/h1-21,31H,(H,40,44)(H,41,45)(H,42,43)/b30-21-. The van der Waals surface area contributed by atoms with Crippen LogP contribution in [0.25, 0.3) is 6.08 Å². The van der Waals surface area contributed by atoms with Crippen LogP contribution in [-0.2, 0) is 15.8 Å². The Bertz CT molecular complexity index is 1880. The lowest BCUT2D eigenvalue weighted by Crippen LogP contribution is -2.30. The van der Waals surface area contributed by atoms with Gasteiger partial charge in [0.05, 0.1) is 11.3 Å². The monoisotopic (exact) mass is 691 g/mol. The first-order chi connectivity index (χ1) is 22.6. The molecule has 1 aromatic heterocycles. The highest BCUT2D eigenvalue weighted by Gasteiger charge is 2.35. The Kier molecular flexibility index (Phi) is 10.8. The number of hydrogen-bond donors (Lipinski definition) is 3. The molecule has 12 heteroatoms. The SMILES string of the molecule is O=C(Nc1ccc(SC(C(=O)Nc2ccc(Cl)cc2C(F)(F)F)c2ccccc2)cc1)/C(=C/c1cccs1)NC(=O)c1ccccc1. The molecule has 5 rings (SSSR count). The van der Waals surface area contributed by atoms with Crippen molar-refractivity contribution in [3.05, 3.63) is 153 Å². The molecule has 1 unspecified atom stereocenters. The molecule has 1 atom stereocenters. The number of halogens is 4. The van der Waals surface area contributed by atoms with E-state index in [0.29, 0.717) is 21.7 Å². The normalized spacial score (nSPS) is 12.2. The summed E-state index contributed by atoms with van der Waals surface area (Å²) in [6, 6.07) is 30.6. The van der Waals surface area contributed by atoms with E-state index in [4.69, 9.17) is 11.6 Å². The zero-order valence-electron chi connectivity index (χ0n) is 24.3. The van der Waals surface area contributed by atoms with Crippen LogP contribution in [0.15, 0.2) is 131 Å². The summed E-state index contributed by atoms with van der Waals surface area (Å²) in [7, 11) is 0. The molecule has 0 fully saturated rings. The minimum Gasteiger partial charge on any atom is -0.324 e. The molecule has 0 aliphatic carbocycles. The molecule has 3 amide bonds. The van der Waals surface area contributed by atoms with E-state index in [1.165, 1.54) is 17.4 Å². The molecule has 5 aromatic rings. The minimum atomic E-state index is -4.73. The molecule has 6 nitrogen and oxygen atoms in total. The van der Waals surface area contributed by atoms with Gasteiger partial charge < -0.3 is 16.0 Å². The first-order valence-electron chi connectivity index (χ1n) is 14.0. The third kappa shape index (κ3) is 9.13. The van der Waals surface area contributed by atoms with Crippen molar-refractivity contribution in [2.45, 2.75) is 16.3 Å². The third-order valence-corrected chi connectivity index (χ3v) is 8.93. The fourth-order valence-electron chi connectivity index (χ4n) is 4.37. The van der Waals surface area contributed by atoms with Crippen LogP contribution in [-0.4, -0.2) is 17.7 Å². The van der Waals surface area contributed by atoms with E-state index in [1.807, 2.05) is 17.5 Å². The van der Waals surface area contributed by atoms with Crippen molar-refractivity contribution in [1.29, 1.82) is 0 Å². The Balaban J connectivity index is 1.33. The van der Waals surface area contributed by atoms with Gasteiger partial charge in [0.25, 0.3) is 11.8 Å². The first-order valence-corrected chi connectivity index (χ1v) is 16.1. The predicted molar refractivity (Wildman–Crippen MR) is 181 cm³/mol. The van der Waals surface area contributed by atoms with E-state index < -0.39 is 40.4 Å². The molecule has 1 heterocycles. The molecule has 0 saturated carbocycles. The fourth-order valence-corrected chi connectivity index (χ4v) is 6.22. The molecule has 0 aliphatic heterocycles. The number of carbonyl (C=O) groups excluding carboxylic acids is 3. The number of rotatable bonds is 10. The zero-order chi connectivity index (χ0) is 33.4. The van der Waals surface area contributed by atoms with Gasteiger partial charge in [0.1, 0.15) is 10.9 Å². The summed E-state index contributed by atoms with van der Waals surface area (Å²) in [5, 5.41) is 8.72. The summed E-state index contributed by atoms with van der Waals surface area (Å²) in [5.41, 5.74) is -0.0306. The molecular weight excluding hydrogens is 667 g/mol. The summed E-state index contributed by atoms with van der Waals surface area (Å²) in [4.78, 5) is 41.0. The van der Waals surface area contributed by atoms with Crippen molar-refractivity contribution < 1.29 is 27.6 Å². The van der Waals surface area contributed by atoms with Gasteiger partial charge in [0.2, 0.25) is 5.91 Å². The number of alkyl halides is 3. The van der Waals surface area contributed by atoms with Gasteiger partial charge >= 0.3 is 6.18 Å². The zero-order valence-corrected chi connectivity index (χ0v) is 26.6. The molecule has 47 heavy (non-hydrogen) atoms. The van der Waals surface area contributed by atoms with Crippen LogP contribution in [0.1, 0.15) is 31.6 Å². The van der Waals surface area contributed by atoms with Crippen molar-refractivity contribution in [2.24, 2.45) is 0 Å². The molecule has 0 bridgehead atoms. The van der Waals surface area contributed by atoms with Crippen LogP contribution >= 0.6 is 34.7 Å². The Morgan fingerprint density at radius 2 is 1.49 bits per heavy atom. The fraction of sp³-hybridized carbons (Fsp3) is 0.0571. The average Bonchev–Trinajstić information content (AvgIpc) is 3.58. The Hall–Kier alpha value is -4.84. The summed E-state index contributed by atoms with van der Waals surface area (Å²) in [6.45, 7) is 0. The number of amides is 3. The van der Waals surface area contributed by atoms with Gasteiger partial charge in [-0.2, -0.15) is 13.2 Å². The summed E-state index contributed by atoms with van der Waals surface area (Å²) in [6.07, 6.45) is -3.15. The van der Waals surface area contributed by atoms with Gasteiger partial charge in [-0.15, -0.1) is 23.1 Å². The maximum Gasteiger partial charge on any atom is 0.418 e. The molecule has 0 radical (unpaired) electrons. The van der Waals surface area contributed by atoms with Gasteiger partial charge in [-0.05, 0) is 77.7 Å². The highest BCUT2D eigenvalue weighted by molar-refractivity contribution is 8.00. The topological polar surface area (TPSA) is 87.3 Å². The smallest absolute Gasteiger partial charge is 0.324 e. The van der Waals surface area contributed by atoms with Crippen LogP contribution in [0.4, 0.5) is 24.5 Å². The quantitative estimate of drug-likeness (QED) is 0.101. The van der Waals surface area contributed by atoms with Crippen molar-refractivity contribution in [3.63, 3.8) is 0 Å². The third-order valence-electron chi connectivity index (χ3n) is 6.61. The van der Waals surface area contributed by atoms with Crippen LogP contribution < -0.4 is 16.0 Å². The molecule has 0 aliphatic rings. The summed E-state index contributed by atoms with van der Waals surface area (Å²) >= 11 is 8.33. The highest BCUT2D eigenvalue weighted by Crippen LogP contribution is 2.40.